The predicted octanol–water partition coefficient (Wildman–Crippen LogP) is 3.82. The molecule has 0 aliphatic carbocycles. The Hall–Kier alpha value is -2.89. The molecule has 160 valence electrons. The molecule has 6 heteroatoms. The van der Waals surface area contributed by atoms with Crippen molar-refractivity contribution in [1.82, 2.24) is 10.2 Å². The summed E-state index contributed by atoms with van der Waals surface area (Å²) in [6.07, 6.45) is 2.16. The maximum Gasteiger partial charge on any atom is 0.255 e. The van der Waals surface area contributed by atoms with Gasteiger partial charge in [0.15, 0.2) is 0 Å². The summed E-state index contributed by atoms with van der Waals surface area (Å²) in [5, 5.41) is 2.89. The third-order valence-electron chi connectivity index (χ3n) is 5.17. The van der Waals surface area contributed by atoms with E-state index in [1.165, 1.54) is 12.1 Å². The van der Waals surface area contributed by atoms with Crippen LogP contribution in [0.4, 0.5) is 4.39 Å². The van der Waals surface area contributed by atoms with Gasteiger partial charge in [0.1, 0.15) is 11.6 Å². The smallest absolute Gasteiger partial charge is 0.255 e. The van der Waals surface area contributed by atoms with Crippen molar-refractivity contribution in [3.05, 3.63) is 65.5 Å². The number of hydrogen-bond acceptors (Lipinski definition) is 3. The number of amides is 2. The molecule has 30 heavy (non-hydrogen) atoms. The first-order valence-electron chi connectivity index (χ1n) is 10.5. The second-order valence-corrected chi connectivity index (χ2v) is 8.09. The Morgan fingerprint density at radius 3 is 2.63 bits per heavy atom. The number of nitrogens with zero attached hydrogens (tertiary/aromatic N) is 1. The summed E-state index contributed by atoms with van der Waals surface area (Å²) in [7, 11) is 0. The average molecular weight is 413 g/mol. The standard InChI is InChI=1S/C24H29FN2O3/c1-17(2)26-24(29)21-7-3-4-8-22(21)30-16-19-6-5-13-27(15-19)23(28)14-18-9-11-20(25)12-10-18/h3-4,7-12,17,19H,5-6,13-16H2,1-2H3,(H,26,29). The van der Waals surface area contributed by atoms with Crippen LogP contribution in [-0.4, -0.2) is 42.5 Å². The van der Waals surface area contributed by atoms with Crippen molar-refractivity contribution >= 4 is 11.8 Å². The van der Waals surface area contributed by atoms with Gasteiger partial charge in [-0.1, -0.05) is 24.3 Å². The van der Waals surface area contributed by atoms with Crippen molar-refractivity contribution in [3.8, 4) is 5.75 Å². The predicted molar refractivity (Wildman–Crippen MR) is 114 cm³/mol. The molecule has 1 unspecified atom stereocenters. The Morgan fingerprint density at radius 1 is 1.17 bits per heavy atom. The highest BCUT2D eigenvalue weighted by Gasteiger charge is 2.25. The van der Waals surface area contributed by atoms with Gasteiger partial charge in [0.25, 0.3) is 5.91 Å². The molecule has 0 aromatic heterocycles. The van der Waals surface area contributed by atoms with Crippen molar-refractivity contribution in [2.45, 2.75) is 39.2 Å². The highest BCUT2D eigenvalue weighted by molar-refractivity contribution is 5.97. The van der Waals surface area contributed by atoms with E-state index in [1.54, 1.807) is 24.3 Å². The van der Waals surface area contributed by atoms with E-state index in [4.69, 9.17) is 4.74 Å². The summed E-state index contributed by atoms with van der Waals surface area (Å²) in [4.78, 5) is 26.9. The number of benzene rings is 2. The second kappa shape index (κ2) is 10.2. The van der Waals surface area contributed by atoms with Crippen LogP contribution >= 0.6 is 0 Å². The number of carbonyl (C=O) groups is 2. The van der Waals surface area contributed by atoms with Gasteiger partial charge in [-0.15, -0.1) is 0 Å². The zero-order valence-electron chi connectivity index (χ0n) is 17.6. The first kappa shape index (κ1) is 21.8. The van der Waals surface area contributed by atoms with Gasteiger partial charge in [0, 0.05) is 25.0 Å². The van der Waals surface area contributed by atoms with Gasteiger partial charge in [0.05, 0.1) is 18.6 Å². The van der Waals surface area contributed by atoms with Gasteiger partial charge in [-0.2, -0.15) is 0 Å². The van der Waals surface area contributed by atoms with E-state index in [1.807, 2.05) is 30.9 Å². The van der Waals surface area contributed by atoms with E-state index in [0.717, 1.165) is 24.9 Å². The van der Waals surface area contributed by atoms with Crippen LogP contribution in [0.1, 0.15) is 42.6 Å². The molecule has 1 fully saturated rings. The Bertz CT molecular complexity index is 867. The lowest BCUT2D eigenvalue weighted by Gasteiger charge is -2.33. The Balaban J connectivity index is 1.56. The van der Waals surface area contributed by atoms with Gasteiger partial charge in [-0.25, -0.2) is 4.39 Å². The summed E-state index contributed by atoms with van der Waals surface area (Å²) >= 11 is 0. The van der Waals surface area contributed by atoms with E-state index >= 15 is 0 Å². The normalized spacial score (nSPS) is 16.4. The van der Waals surface area contributed by atoms with Gasteiger partial charge in [-0.3, -0.25) is 9.59 Å². The number of rotatable bonds is 7. The lowest BCUT2D eigenvalue weighted by molar-refractivity contribution is -0.132. The summed E-state index contributed by atoms with van der Waals surface area (Å²) in [5.74, 6) is 0.356. The largest absolute Gasteiger partial charge is 0.492 e. The minimum Gasteiger partial charge on any atom is -0.492 e. The highest BCUT2D eigenvalue weighted by atomic mass is 19.1. The topological polar surface area (TPSA) is 58.6 Å². The molecule has 1 saturated heterocycles. The Labute approximate surface area is 177 Å². The zero-order chi connectivity index (χ0) is 21.5. The van der Waals surface area contributed by atoms with Gasteiger partial charge < -0.3 is 15.0 Å². The number of para-hydroxylation sites is 1. The SMILES string of the molecule is CC(C)NC(=O)c1ccccc1OCC1CCCN(C(=O)Cc2ccc(F)cc2)C1. The molecule has 2 amide bonds. The molecule has 0 bridgehead atoms. The average Bonchev–Trinajstić information content (AvgIpc) is 2.74. The Morgan fingerprint density at radius 2 is 1.90 bits per heavy atom. The van der Waals surface area contributed by atoms with E-state index in [2.05, 4.69) is 5.32 Å². The molecule has 0 spiro atoms. The van der Waals surface area contributed by atoms with Crippen LogP contribution < -0.4 is 10.1 Å². The van der Waals surface area contributed by atoms with E-state index < -0.39 is 0 Å². The van der Waals surface area contributed by atoms with Crippen LogP contribution in [0.2, 0.25) is 0 Å². The number of hydrogen-bond donors (Lipinski definition) is 1. The van der Waals surface area contributed by atoms with E-state index in [-0.39, 0.29) is 36.0 Å². The van der Waals surface area contributed by atoms with Crippen LogP contribution in [0.15, 0.2) is 48.5 Å². The van der Waals surface area contributed by atoms with Crippen molar-refractivity contribution < 1.29 is 18.7 Å². The monoisotopic (exact) mass is 412 g/mol. The van der Waals surface area contributed by atoms with E-state index in [0.29, 0.717) is 24.5 Å². The number of piperidine rings is 1. The van der Waals surface area contributed by atoms with Crippen LogP contribution in [0.3, 0.4) is 0 Å². The van der Waals surface area contributed by atoms with Gasteiger partial charge in [0.2, 0.25) is 5.91 Å². The second-order valence-electron chi connectivity index (χ2n) is 8.09. The van der Waals surface area contributed by atoms with Crippen molar-refractivity contribution in [2.24, 2.45) is 5.92 Å². The van der Waals surface area contributed by atoms with Crippen LogP contribution in [-0.2, 0) is 11.2 Å². The van der Waals surface area contributed by atoms with E-state index in [9.17, 15) is 14.0 Å². The minimum absolute atomic E-state index is 0.0445. The number of likely N-dealkylation sites (tertiary alicyclic amines) is 1. The summed E-state index contributed by atoms with van der Waals surface area (Å²) in [6, 6.07) is 13.3. The quantitative estimate of drug-likeness (QED) is 0.752. The van der Waals surface area contributed by atoms with Crippen LogP contribution in [0, 0.1) is 11.7 Å². The molecule has 5 nitrogen and oxygen atoms in total. The highest BCUT2D eigenvalue weighted by Crippen LogP contribution is 2.22. The molecule has 0 saturated carbocycles. The molecule has 1 aliphatic heterocycles. The Kier molecular flexibility index (Phi) is 7.44. The molecule has 1 heterocycles. The molecular weight excluding hydrogens is 383 g/mol. The first-order valence-corrected chi connectivity index (χ1v) is 10.5. The first-order chi connectivity index (χ1) is 14.4. The third-order valence-corrected chi connectivity index (χ3v) is 5.17. The van der Waals surface area contributed by atoms with Crippen LogP contribution in [0.5, 0.6) is 5.75 Å². The summed E-state index contributed by atoms with van der Waals surface area (Å²) in [5.41, 5.74) is 1.33. The van der Waals surface area contributed by atoms with Crippen molar-refractivity contribution in [1.29, 1.82) is 0 Å². The molecule has 2 aromatic carbocycles. The number of carbonyl (C=O) groups excluding carboxylic acids is 2. The number of nitrogens with one attached hydrogen (secondary N) is 1. The van der Waals surface area contributed by atoms with Crippen molar-refractivity contribution in [2.75, 3.05) is 19.7 Å². The molecule has 0 radical (unpaired) electrons. The minimum atomic E-state index is -0.302. The summed E-state index contributed by atoms with van der Waals surface area (Å²) in [6.45, 7) is 5.64. The fourth-order valence-corrected chi connectivity index (χ4v) is 3.64. The van der Waals surface area contributed by atoms with Crippen LogP contribution in [0.25, 0.3) is 0 Å². The molecule has 2 aromatic rings. The maximum atomic E-state index is 13.1. The fourth-order valence-electron chi connectivity index (χ4n) is 3.64. The lowest BCUT2D eigenvalue weighted by atomic mass is 9.98. The maximum absolute atomic E-state index is 13.1. The molecule has 1 aliphatic rings. The molecule has 1 atom stereocenters. The lowest BCUT2D eigenvalue weighted by Crippen LogP contribution is -2.42. The van der Waals surface area contributed by atoms with Crippen molar-refractivity contribution in [3.63, 3.8) is 0 Å². The zero-order valence-corrected chi connectivity index (χ0v) is 17.6. The molecular formula is C24H29FN2O3. The van der Waals surface area contributed by atoms with Gasteiger partial charge >= 0.3 is 0 Å². The number of ether oxygens (including phenoxy) is 1. The molecule has 3 rings (SSSR count). The third kappa shape index (κ3) is 6.05. The summed E-state index contributed by atoms with van der Waals surface area (Å²) < 4.78 is 19.1. The van der Waals surface area contributed by atoms with Gasteiger partial charge in [-0.05, 0) is 56.5 Å². The fraction of sp³-hybridized carbons (Fsp3) is 0.417. The molecule has 1 N–H and O–H groups in total. The number of halogens is 1.